The molecule has 0 N–H and O–H groups in total. The first-order valence-corrected chi connectivity index (χ1v) is 4.58. The van der Waals surface area contributed by atoms with Crippen LogP contribution in [-0.2, 0) is 16.5 Å². The normalized spacial score (nSPS) is 21.0. The molecule has 1 heterocycles. The molecule has 0 fully saturated rings. The van der Waals surface area contributed by atoms with Crippen LogP contribution >= 0.6 is 15.9 Å². The molecule has 0 amide bonds. The first-order valence-electron chi connectivity index (χ1n) is 3.79. The van der Waals surface area contributed by atoms with Gasteiger partial charge in [-0.25, -0.2) is 5.11 Å². The van der Waals surface area contributed by atoms with Crippen LogP contribution in [0.15, 0.2) is 22.7 Å². The zero-order chi connectivity index (χ0) is 8.55. The first kappa shape index (κ1) is 8.23. The number of ether oxygens (including phenoxy) is 1. The maximum atomic E-state index is 10.6. The monoisotopic (exact) mass is 227 g/mol. The van der Waals surface area contributed by atoms with E-state index in [4.69, 9.17) is 4.74 Å². The molecule has 0 spiro atoms. The summed E-state index contributed by atoms with van der Waals surface area (Å²) in [5, 5.41) is 10.6. The van der Waals surface area contributed by atoms with Crippen molar-refractivity contribution in [3.8, 4) is 0 Å². The summed E-state index contributed by atoms with van der Waals surface area (Å²) in [7, 11) is 0. The molecule has 1 unspecified atom stereocenters. The molecule has 1 aliphatic rings. The van der Waals surface area contributed by atoms with Gasteiger partial charge in [0.15, 0.2) is 0 Å². The van der Waals surface area contributed by atoms with Gasteiger partial charge < -0.3 is 4.74 Å². The molecule has 1 aliphatic heterocycles. The van der Waals surface area contributed by atoms with E-state index in [1.807, 2.05) is 18.2 Å². The van der Waals surface area contributed by atoms with Crippen molar-refractivity contribution < 1.29 is 9.84 Å². The van der Waals surface area contributed by atoms with Gasteiger partial charge in [0.2, 0.25) is 0 Å². The molecule has 0 saturated carbocycles. The molecule has 0 aliphatic carbocycles. The highest BCUT2D eigenvalue weighted by atomic mass is 79.9. The maximum absolute atomic E-state index is 10.6. The highest BCUT2D eigenvalue weighted by molar-refractivity contribution is 9.10. The number of benzene rings is 1. The number of fused-ring (bicyclic) bond motifs is 1. The number of rotatable bonds is 1. The summed E-state index contributed by atoms with van der Waals surface area (Å²) < 4.78 is 6.33. The van der Waals surface area contributed by atoms with Gasteiger partial charge in [-0.05, 0) is 23.3 Å². The molecule has 1 aromatic rings. The van der Waals surface area contributed by atoms with Crippen LogP contribution in [0.1, 0.15) is 17.2 Å². The minimum absolute atomic E-state index is 0.186. The van der Waals surface area contributed by atoms with E-state index in [2.05, 4.69) is 15.9 Å². The molecular weight excluding hydrogens is 220 g/mol. The van der Waals surface area contributed by atoms with Gasteiger partial charge in [0, 0.05) is 4.47 Å². The maximum Gasteiger partial charge on any atom is 0.113 e. The molecule has 3 heteroatoms. The van der Waals surface area contributed by atoms with Crippen molar-refractivity contribution in [1.29, 1.82) is 0 Å². The number of hydrogen-bond acceptors (Lipinski definition) is 1. The summed E-state index contributed by atoms with van der Waals surface area (Å²) in [5.41, 5.74) is 2.18. The molecular formula is C9H8BrO2. The fourth-order valence-corrected chi connectivity index (χ4v) is 1.84. The minimum Gasteiger partial charge on any atom is -0.366 e. The van der Waals surface area contributed by atoms with Crippen LogP contribution in [0.2, 0.25) is 0 Å². The summed E-state index contributed by atoms with van der Waals surface area (Å²) in [6.45, 7) is 0.385. The Balaban J connectivity index is 2.40. The van der Waals surface area contributed by atoms with Crippen molar-refractivity contribution >= 4 is 15.9 Å². The van der Waals surface area contributed by atoms with Crippen molar-refractivity contribution in [2.24, 2.45) is 0 Å². The molecule has 0 bridgehead atoms. The molecule has 12 heavy (non-hydrogen) atoms. The number of halogens is 1. The second-order valence-electron chi connectivity index (χ2n) is 2.81. The lowest BCUT2D eigenvalue weighted by Crippen LogP contribution is -1.99. The predicted octanol–water partition coefficient (Wildman–Crippen LogP) is 2.45. The van der Waals surface area contributed by atoms with E-state index < -0.39 is 0 Å². The Morgan fingerprint density at radius 1 is 1.58 bits per heavy atom. The summed E-state index contributed by atoms with van der Waals surface area (Å²) in [6.07, 6.45) is -0.229. The Hall–Kier alpha value is -0.380. The Bertz CT molecular complexity index is 299. The summed E-state index contributed by atoms with van der Waals surface area (Å²) >= 11 is 3.37. The van der Waals surface area contributed by atoms with Crippen molar-refractivity contribution in [2.45, 2.75) is 12.7 Å². The molecule has 2 nitrogen and oxygen atoms in total. The fraction of sp³-hybridized carbons (Fsp3) is 0.333. The average Bonchev–Trinajstić information content (AvgIpc) is 2.46. The van der Waals surface area contributed by atoms with Crippen LogP contribution in [-0.4, -0.2) is 6.61 Å². The molecule has 1 aromatic carbocycles. The van der Waals surface area contributed by atoms with E-state index in [9.17, 15) is 5.11 Å². The average molecular weight is 228 g/mol. The summed E-state index contributed by atoms with van der Waals surface area (Å²) in [6, 6.07) is 5.90. The van der Waals surface area contributed by atoms with Gasteiger partial charge in [0.1, 0.15) is 12.7 Å². The zero-order valence-electron chi connectivity index (χ0n) is 6.42. The Morgan fingerprint density at radius 2 is 2.42 bits per heavy atom. The van der Waals surface area contributed by atoms with Crippen molar-refractivity contribution in [3.05, 3.63) is 33.8 Å². The van der Waals surface area contributed by atoms with Crippen LogP contribution < -0.4 is 0 Å². The van der Waals surface area contributed by atoms with Crippen molar-refractivity contribution in [3.63, 3.8) is 0 Å². The topological polar surface area (TPSA) is 29.1 Å². The lowest BCUT2D eigenvalue weighted by Gasteiger charge is -2.04. The van der Waals surface area contributed by atoms with Crippen molar-refractivity contribution in [1.82, 2.24) is 0 Å². The van der Waals surface area contributed by atoms with Gasteiger partial charge in [0.05, 0.1) is 6.61 Å². The molecule has 63 valence electrons. The van der Waals surface area contributed by atoms with E-state index in [1.165, 1.54) is 0 Å². The third kappa shape index (κ3) is 1.28. The van der Waals surface area contributed by atoms with E-state index in [1.54, 1.807) is 0 Å². The van der Waals surface area contributed by atoms with E-state index in [-0.39, 0.29) is 12.7 Å². The van der Waals surface area contributed by atoms with Gasteiger partial charge in [-0.3, -0.25) is 0 Å². The zero-order valence-corrected chi connectivity index (χ0v) is 8.00. The molecule has 2 rings (SSSR count). The fourth-order valence-electron chi connectivity index (χ4n) is 1.43. The van der Waals surface area contributed by atoms with Gasteiger partial charge in [0.25, 0.3) is 0 Å². The molecule has 1 radical (unpaired) electrons. The number of hydrogen-bond donors (Lipinski definition) is 0. The van der Waals surface area contributed by atoms with E-state index in [0.29, 0.717) is 6.61 Å². The second kappa shape index (κ2) is 3.17. The lowest BCUT2D eigenvalue weighted by molar-refractivity contribution is -0.0000641. The molecule has 1 atom stereocenters. The minimum atomic E-state index is -0.229. The quantitative estimate of drug-likeness (QED) is 0.725. The lowest BCUT2D eigenvalue weighted by atomic mass is 10.1. The van der Waals surface area contributed by atoms with Crippen LogP contribution in [0.4, 0.5) is 0 Å². The summed E-state index contributed by atoms with van der Waals surface area (Å²) in [4.78, 5) is 0. The highest BCUT2D eigenvalue weighted by Gasteiger charge is 2.22. The van der Waals surface area contributed by atoms with Gasteiger partial charge >= 0.3 is 0 Å². The first-order chi connectivity index (χ1) is 5.81. The predicted molar refractivity (Wildman–Crippen MR) is 47.2 cm³/mol. The van der Waals surface area contributed by atoms with Crippen LogP contribution in [0.25, 0.3) is 0 Å². The second-order valence-corrected chi connectivity index (χ2v) is 3.73. The Kier molecular flexibility index (Phi) is 2.17. The third-order valence-corrected chi connectivity index (χ3v) is 2.54. The Labute approximate surface area is 79.3 Å². The van der Waals surface area contributed by atoms with Gasteiger partial charge in [-0.2, -0.15) is 0 Å². The SMILES string of the molecule is [O]CC1OCc2cc(Br)ccc21. The Morgan fingerprint density at radius 3 is 3.17 bits per heavy atom. The highest BCUT2D eigenvalue weighted by Crippen LogP contribution is 2.31. The van der Waals surface area contributed by atoms with Gasteiger partial charge in [-0.1, -0.05) is 22.0 Å². The van der Waals surface area contributed by atoms with E-state index >= 15 is 0 Å². The van der Waals surface area contributed by atoms with E-state index in [0.717, 1.165) is 15.6 Å². The third-order valence-electron chi connectivity index (χ3n) is 2.04. The smallest absolute Gasteiger partial charge is 0.113 e. The largest absolute Gasteiger partial charge is 0.366 e. The van der Waals surface area contributed by atoms with Crippen LogP contribution in [0, 0.1) is 0 Å². The summed E-state index contributed by atoms with van der Waals surface area (Å²) in [5.74, 6) is 0. The van der Waals surface area contributed by atoms with Crippen LogP contribution in [0.3, 0.4) is 0 Å². The van der Waals surface area contributed by atoms with Crippen molar-refractivity contribution in [2.75, 3.05) is 6.61 Å². The van der Waals surface area contributed by atoms with Gasteiger partial charge in [-0.15, -0.1) is 0 Å². The van der Waals surface area contributed by atoms with Crippen LogP contribution in [0.5, 0.6) is 0 Å². The molecule has 0 aromatic heterocycles. The standard InChI is InChI=1S/C9H8BrO2/c10-7-1-2-8-6(3-7)5-12-9(8)4-11/h1-3,9H,4-5H2. The molecule has 0 saturated heterocycles.